The van der Waals surface area contributed by atoms with E-state index in [0.717, 1.165) is 62.2 Å². The second kappa shape index (κ2) is 8.41. The number of hydrogen-bond donors (Lipinski definition) is 0. The van der Waals surface area contributed by atoms with Gasteiger partial charge in [-0.25, -0.2) is 4.98 Å². The number of nitrogens with zero attached hydrogens (tertiary/aromatic N) is 3. The number of methoxy groups -OCH3 is 1. The van der Waals surface area contributed by atoms with Crippen LogP contribution in [0.3, 0.4) is 0 Å². The van der Waals surface area contributed by atoms with Gasteiger partial charge in [0.25, 0.3) is 0 Å². The van der Waals surface area contributed by atoms with Crippen LogP contribution in [-0.4, -0.2) is 67.1 Å². The summed E-state index contributed by atoms with van der Waals surface area (Å²) in [7, 11) is 1.72. The van der Waals surface area contributed by atoms with E-state index >= 15 is 0 Å². The van der Waals surface area contributed by atoms with Crippen molar-refractivity contribution >= 4 is 17.2 Å². The third kappa shape index (κ3) is 4.43. The first-order chi connectivity index (χ1) is 11.8. The molecule has 1 aliphatic rings. The number of carbonyl (C=O) groups is 1. The molecule has 0 radical (unpaired) electrons. The number of amides is 1. The molecule has 0 N–H and O–H groups in total. The van der Waals surface area contributed by atoms with E-state index in [4.69, 9.17) is 9.15 Å². The van der Waals surface area contributed by atoms with Gasteiger partial charge in [-0.2, -0.15) is 0 Å². The Morgan fingerprint density at radius 3 is 3.08 bits per heavy atom. The standard InChI is InChI=1S/C17H23N3O3S/c1-22-11-9-19-5-3-6-20(8-7-19)16(21)12-14-13-24-17(18-14)15-4-2-10-23-15/h2,4,10,13H,3,5-9,11-12H2,1H3. The lowest BCUT2D eigenvalue weighted by molar-refractivity contribution is -0.130. The van der Waals surface area contributed by atoms with Crippen LogP contribution in [0.25, 0.3) is 10.8 Å². The zero-order valence-corrected chi connectivity index (χ0v) is 14.8. The summed E-state index contributed by atoms with van der Waals surface area (Å²) in [4.78, 5) is 21.4. The molecule has 1 fully saturated rings. The Morgan fingerprint density at radius 1 is 1.38 bits per heavy atom. The summed E-state index contributed by atoms with van der Waals surface area (Å²) >= 11 is 1.51. The SMILES string of the molecule is COCCN1CCCN(C(=O)Cc2csc(-c3ccco3)n2)CC1. The van der Waals surface area contributed by atoms with Gasteiger partial charge >= 0.3 is 0 Å². The van der Waals surface area contributed by atoms with Gasteiger partial charge < -0.3 is 14.1 Å². The topological polar surface area (TPSA) is 58.8 Å². The molecule has 0 unspecified atom stereocenters. The molecule has 2 aromatic rings. The first kappa shape index (κ1) is 17.1. The normalized spacial score (nSPS) is 16.3. The van der Waals surface area contributed by atoms with Crippen molar-refractivity contribution in [1.29, 1.82) is 0 Å². The van der Waals surface area contributed by atoms with Gasteiger partial charge in [0.1, 0.15) is 0 Å². The number of furan rings is 1. The van der Waals surface area contributed by atoms with Crippen LogP contribution in [0, 0.1) is 0 Å². The van der Waals surface area contributed by atoms with Crippen molar-refractivity contribution in [3.8, 4) is 10.8 Å². The zero-order chi connectivity index (χ0) is 16.8. The molecule has 3 heterocycles. The van der Waals surface area contributed by atoms with Crippen molar-refractivity contribution in [2.24, 2.45) is 0 Å². The van der Waals surface area contributed by atoms with E-state index in [1.165, 1.54) is 11.3 Å². The summed E-state index contributed by atoms with van der Waals surface area (Å²) in [6.07, 6.45) is 2.99. The molecule has 24 heavy (non-hydrogen) atoms. The molecule has 7 heteroatoms. The smallest absolute Gasteiger partial charge is 0.228 e. The summed E-state index contributed by atoms with van der Waals surface area (Å²) < 4.78 is 10.5. The predicted molar refractivity (Wildman–Crippen MR) is 93.0 cm³/mol. The van der Waals surface area contributed by atoms with Crippen molar-refractivity contribution in [2.45, 2.75) is 12.8 Å². The van der Waals surface area contributed by atoms with Crippen molar-refractivity contribution in [3.05, 3.63) is 29.5 Å². The third-order valence-electron chi connectivity index (χ3n) is 4.17. The van der Waals surface area contributed by atoms with E-state index in [0.29, 0.717) is 6.42 Å². The predicted octanol–water partition coefficient (Wildman–Crippen LogP) is 2.13. The highest BCUT2D eigenvalue weighted by atomic mass is 32.1. The van der Waals surface area contributed by atoms with Gasteiger partial charge in [-0.3, -0.25) is 9.69 Å². The van der Waals surface area contributed by atoms with Crippen LogP contribution in [0.15, 0.2) is 28.2 Å². The number of rotatable bonds is 6. The molecule has 6 nitrogen and oxygen atoms in total. The Bertz CT molecular complexity index is 641. The van der Waals surface area contributed by atoms with Gasteiger partial charge in [0, 0.05) is 38.7 Å². The van der Waals surface area contributed by atoms with Crippen LogP contribution < -0.4 is 0 Å². The minimum atomic E-state index is 0.153. The first-order valence-electron chi connectivity index (χ1n) is 8.23. The molecular formula is C17H23N3O3S. The molecule has 1 saturated heterocycles. The Labute approximate surface area is 146 Å². The molecule has 1 aliphatic heterocycles. The lowest BCUT2D eigenvalue weighted by Crippen LogP contribution is -2.36. The zero-order valence-electron chi connectivity index (χ0n) is 13.9. The summed E-state index contributed by atoms with van der Waals surface area (Å²) in [5.74, 6) is 0.905. The molecule has 0 aliphatic carbocycles. The second-order valence-corrected chi connectivity index (χ2v) is 6.72. The highest BCUT2D eigenvalue weighted by Gasteiger charge is 2.20. The summed E-state index contributed by atoms with van der Waals surface area (Å²) in [5, 5.41) is 2.77. The van der Waals surface area contributed by atoms with Crippen LogP contribution in [-0.2, 0) is 16.0 Å². The van der Waals surface area contributed by atoms with Gasteiger partial charge in [-0.15, -0.1) is 11.3 Å². The maximum Gasteiger partial charge on any atom is 0.228 e. The van der Waals surface area contributed by atoms with Crippen LogP contribution >= 0.6 is 11.3 Å². The summed E-state index contributed by atoms with van der Waals surface area (Å²) in [6, 6.07) is 3.72. The number of thiazole rings is 1. The third-order valence-corrected chi connectivity index (χ3v) is 5.07. The van der Waals surface area contributed by atoms with Crippen molar-refractivity contribution in [3.63, 3.8) is 0 Å². The molecule has 2 aromatic heterocycles. The van der Waals surface area contributed by atoms with Gasteiger partial charge in [-0.1, -0.05) is 0 Å². The van der Waals surface area contributed by atoms with Gasteiger partial charge in [0.15, 0.2) is 10.8 Å². The maximum absolute atomic E-state index is 12.6. The largest absolute Gasteiger partial charge is 0.462 e. The summed E-state index contributed by atoms with van der Waals surface area (Å²) in [5.41, 5.74) is 0.817. The van der Waals surface area contributed by atoms with Crippen molar-refractivity contribution < 1.29 is 13.9 Å². The summed E-state index contributed by atoms with van der Waals surface area (Å²) in [6.45, 7) is 5.19. The van der Waals surface area contributed by atoms with Crippen LogP contribution in [0.4, 0.5) is 0 Å². The van der Waals surface area contributed by atoms with Crippen LogP contribution in [0.5, 0.6) is 0 Å². The fraction of sp³-hybridized carbons (Fsp3) is 0.529. The Kier molecular flexibility index (Phi) is 6.01. The Morgan fingerprint density at radius 2 is 2.29 bits per heavy atom. The molecule has 0 aromatic carbocycles. The van der Waals surface area contributed by atoms with Gasteiger partial charge in [-0.05, 0) is 25.1 Å². The molecule has 0 bridgehead atoms. The van der Waals surface area contributed by atoms with Crippen molar-refractivity contribution in [1.82, 2.24) is 14.8 Å². The van der Waals surface area contributed by atoms with Crippen LogP contribution in [0.2, 0.25) is 0 Å². The quantitative estimate of drug-likeness (QED) is 0.800. The van der Waals surface area contributed by atoms with Crippen molar-refractivity contribution in [2.75, 3.05) is 46.4 Å². The maximum atomic E-state index is 12.6. The van der Waals surface area contributed by atoms with E-state index in [2.05, 4.69) is 9.88 Å². The van der Waals surface area contributed by atoms with E-state index in [1.807, 2.05) is 22.4 Å². The van der Waals surface area contributed by atoms with E-state index < -0.39 is 0 Å². The first-order valence-corrected chi connectivity index (χ1v) is 9.11. The Balaban J connectivity index is 1.53. The molecule has 1 amide bonds. The highest BCUT2D eigenvalue weighted by molar-refractivity contribution is 7.13. The second-order valence-electron chi connectivity index (χ2n) is 5.87. The highest BCUT2D eigenvalue weighted by Crippen LogP contribution is 2.24. The number of hydrogen-bond acceptors (Lipinski definition) is 6. The van der Waals surface area contributed by atoms with Crippen LogP contribution in [0.1, 0.15) is 12.1 Å². The Hall–Kier alpha value is -1.70. The number of aromatic nitrogens is 1. The fourth-order valence-corrected chi connectivity index (χ4v) is 3.62. The van der Waals surface area contributed by atoms with Gasteiger partial charge in [0.2, 0.25) is 5.91 Å². The average Bonchev–Trinajstić information content (AvgIpc) is 3.21. The minimum Gasteiger partial charge on any atom is -0.462 e. The molecular weight excluding hydrogens is 326 g/mol. The molecule has 130 valence electrons. The van der Waals surface area contributed by atoms with Gasteiger partial charge in [0.05, 0.1) is 25.0 Å². The van der Waals surface area contributed by atoms with E-state index in [1.54, 1.807) is 13.4 Å². The van der Waals surface area contributed by atoms with E-state index in [9.17, 15) is 4.79 Å². The fourth-order valence-electron chi connectivity index (χ4n) is 2.83. The number of carbonyl (C=O) groups excluding carboxylic acids is 1. The molecule has 0 saturated carbocycles. The monoisotopic (exact) mass is 349 g/mol. The molecule has 0 atom stereocenters. The van der Waals surface area contributed by atoms with E-state index in [-0.39, 0.29) is 5.91 Å². The number of ether oxygens (including phenoxy) is 1. The average molecular weight is 349 g/mol. The lowest BCUT2D eigenvalue weighted by atomic mass is 10.3. The molecule has 0 spiro atoms. The minimum absolute atomic E-state index is 0.153. The molecule has 3 rings (SSSR count). The lowest BCUT2D eigenvalue weighted by Gasteiger charge is -2.21.